The molecule has 2 heterocycles. The zero-order valence-corrected chi connectivity index (χ0v) is 14.5. The molecule has 2 aromatic rings. The van der Waals surface area contributed by atoms with E-state index in [1.165, 1.54) is 11.0 Å². The van der Waals surface area contributed by atoms with E-state index in [2.05, 4.69) is 5.10 Å². The Bertz CT molecular complexity index is 846. The highest BCUT2D eigenvalue weighted by Gasteiger charge is 2.41. The summed E-state index contributed by atoms with van der Waals surface area (Å²) >= 11 is 0. The Balaban J connectivity index is 1.92. The van der Waals surface area contributed by atoms with Crippen LogP contribution in [0.25, 0.3) is 0 Å². The van der Waals surface area contributed by atoms with Crippen LogP contribution in [0.4, 0.5) is 4.39 Å². The van der Waals surface area contributed by atoms with Gasteiger partial charge in [-0.25, -0.2) is 4.39 Å². The van der Waals surface area contributed by atoms with Crippen molar-refractivity contribution >= 4 is 11.8 Å². The highest BCUT2D eigenvalue weighted by atomic mass is 19.1. The van der Waals surface area contributed by atoms with Gasteiger partial charge in [0.2, 0.25) is 5.91 Å². The number of primary amides is 1. The molecule has 0 bridgehead atoms. The van der Waals surface area contributed by atoms with Gasteiger partial charge in [-0.15, -0.1) is 0 Å². The van der Waals surface area contributed by atoms with Crippen LogP contribution < -0.4 is 5.73 Å². The Morgan fingerprint density at radius 1 is 1.28 bits per heavy atom. The van der Waals surface area contributed by atoms with Gasteiger partial charge in [0.15, 0.2) is 0 Å². The fourth-order valence-corrected chi connectivity index (χ4v) is 3.44. The number of aromatic nitrogens is 2. The lowest BCUT2D eigenvalue weighted by molar-refractivity contribution is -0.121. The fraction of sp³-hybridized carbons (Fsp3) is 0.389. The fourth-order valence-electron chi connectivity index (χ4n) is 3.44. The van der Waals surface area contributed by atoms with Crippen molar-refractivity contribution in [1.82, 2.24) is 14.7 Å². The van der Waals surface area contributed by atoms with E-state index in [9.17, 15) is 14.0 Å². The van der Waals surface area contributed by atoms with E-state index in [-0.39, 0.29) is 18.0 Å². The smallest absolute Gasteiger partial charge is 0.256 e. The second-order valence-electron chi connectivity index (χ2n) is 6.57. The van der Waals surface area contributed by atoms with E-state index in [1.54, 1.807) is 29.9 Å². The summed E-state index contributed by atoms with van der Waals surface area (Å²) in [6.45, 7) is 4.02. The van der Waals surface area contributed by atoms with Crippen molar-refractivity contribution in [2.24, 2.45) is 18.7 Å². The lowest BCUT2D eigenvalue weighted by Gasteiger charge is -2.17. The van der Waals surface area contributed by atoms with E-state index in [0.717, 1.165) is 11.3 Å². The number of amides is 2. The van der Waals surface area contributed by atoms with Crippen LogP contribution in [0, 0.1) is 25.6 Å². The van der Waals surface area contributed by atoms with Crippen LogP contribution in [0.1, 0.15) is 33.1 Å². The molecule has 25 heavy (non-hydrogen) atoms. The first-order chi connectivity index (χ1) is 11.8. The van der Waals surface area contributed by atoms with Gasteiger partial charge in [-0.05, 0) is 31.0 Å². The molecule has 1 saturated heterocycles. The standard InChI is InChI=1S/C18H21FN4O2/c1-10-5-4-6-12(16(10)19)18(25)23-8-14(15(9-23)17(20)24)13-7-21-22(3)11(13)2/h4-7,14-15H,8-9H2,1-3H3,(H2,20,24)/t14-,15+/m1/s1. The minimum absolute atomic E-state index is 0.0202. The van der Waals surface area contributed by atoms with E-state index < -0.39 is 23.5 Å². The molecule has 2 amide bonds. The number of rotatable bonds is 3. The predicted molar refractivity (Wildman–Crippen MR) is 90.4 cm³/mol. The van der Waals surface area contributed by atoms with Gasteiger partial charge in [0, 0.05) is 31.7 Å². The molecule has 2 atom stereocenters. The topological polar surface area (TPSA) is 81.2 Å². The zero-order chi connectivity index (χ0) is 18.3. The van der Waals surface area contributed by atoms with Crippen LogP contribution in [0.5, 0.6) is 0 Å². The third-order valence-corrected chi connectivity index (χ3v) is 5.07. The number of nitrogens with two attached hydrogens (primary N) is 1. The molecule has 1 aromatic carbocycles. The number of benzene rings is 1. The van der Waals surface area contributed by atoms with Crippen LogP contribution >= 0.6 is 0 Å². The van der Waals surface area contributed by atoms with Gasteiger partial charge >= 0.3 is 0 Å². The maximum atomic E-state index is 14.3. The quantitative estimate of drug-likeness (QED) is 0.916. The van der Waals surface area contributed by atoms with Crippen LogP contribution in [0.3, 0.4) is 0 Å². The second-order valence-corrected chi connectivity index (χ2v) is 6.57. The molecule has 2 N–H and O–H groups in total. The third-order valence-electron chi connectivity index (χ3n) is 5.07. The largest absolute Gasteiger partial charge is 0.369 e. The van der Waals surface area contributed by atoms with Gasteiger partial charge in [0.25, 0.3) is 5.91 Å². The summed E-state index contributed by atoms with van der Waals surface area (Å²) < 4.78 is 16.0. The Morgan fingerprint density at radius 2 is 2.00 bits per heavy atom. The number of hydrogen-bond acceptors (Lipinski definition) is 3. The van der Waals surface area contributed by atoms with Crippen LogP contribution in [0.2, 0.25) is 0 Å². The highest BCUT2D eigenvalue weighted by Crippen LogP contribution is 2.35. The number of carbonyl (C=O) groups excluding carboxylic acids is 2. The molecule has 0 radical (unpaired) electrons. The molecule has 0 unspecified atom stereocenters. The SMILES string of the molecule is Cc1cccc(C(=O)N2C[C@H](C(N)=O)[C@@H](c3cnn(C)c3C)C2)c1F. The van der Waals surface area contributed by atoms with Crippen LogP contribution in [-0.4, -0.2) is 39.6 Å². The van der Waals surface area contributed by atoms with Gasteiger partial charge in [-0.2, -0.15) is 5.10 Å². The molecule has 0 aliphatic carbocycles. The van der Waals surface area contributed by atoms with Crippen molar-refractivity contribution < 1.29 is 14.0 Å². The normalized spacial score (nSPS) is 20.1. The molecular weight excluding hydrogens is 323 g/mol. The van der Waals surface area contributed by atoms with Crippen molar-refractivity contribution in [2.75, 3.05) is 13.1 Å². The monoisotopic (exact) mass is 344 g/mol. The summed E-state index contributed by atoms with van der Waals surface area (Å²) in [7, 11) is 1.82. The molecule has 1 fully saturated rings. The summed E-state index contributed by atoms with van der Waals surface area (Å²) in [5.74, 6) is -2.16. The first-order valence-electron chi connectivity index (χ1n) is 8.13. The molecule has 3 rings (SSSR count). The van der Waals surface area contributed by atoms with Gasteiger partial charge in [0.1, 0.15) is 5.82 Å². The van der Waals surface area contributed by atoms with Crippen LogP contribution in [-0.2, 0) is 11.8 Å². The molecule has 1 aliphatic heterocycles. The van der Waals surface area contributed by atoms with E-state index in [1.807, 2.05) is 14.0 Å². The summed E-state index contributed by atoms with van der Waals surface area (Å²) in [6.07, 6.45) is 1.71. The molecule has 0 saturated carbocycles. The molecule has 6 nitrogen and oxygen atoms in total. The predicted octanol–water partition coefficient (Wildman–Crippen LogP) is 1.52. The van der Waals surface area contributed by atoms with Gasteiger partial charge in [-0.1, -0.05) is 12.1 Å². The Kier molecular flexibility index (Phi) is 4.32. The number of halogens is 1. The maximum absolute atomic E-state index is 14.3. The van der Waals surface area contributed by atoms with Gasteiger partial charge in [0.05, 0.1) is 17.7 Å². The number of hydrogen-bond donors (Lipinski definition) is 1. The second kappa shape index (κ2) is 6.31. The Labute approximate surface area is 145 Å². The molecule has 0 spiro atoms. The average molecular weight is 344 g/mol. The first-order valence-corrected chi connectivity index (χ1v) is 8.13. The average Bonchev–Trinajstić information content (AvgIpc) is 3.14. The van der Waals surface area contributed by atoms with Gasteiger partial charge < -0.3 is 10.6 Å². The van der Waals surface area contributed by atoms with E-state index in [0.29, 0.717) is 12.1 Å². The lowest BCUT2D eigenvalue weighted by atomic mass is 9.89. The molecule has 1 aliphatic rings. The number of nitrogens with zero attached hydrogens (tertiary/aromatic N) is 3. The minimum atomic E-state index is -0.524. The molecule has 7 heteroatoms. The lowest BCUT2D eigenvalue weighted by Crippen LogP contribution is -2.32. The van der Waals surface area contributed by atoms with Gasteiger partial charge in [-0.3, -0.25) is 14.3 Å². The van der Waals surface area contributed by atoms with Crippen LogP contribution in [0.15, 0.2) is 24.4 Å². The van der Waals surface area contributed by atoms with Crippen molar-refractivity contribution in [3.8, 4) is 0 Å². The molecule has 1 aromatic heterocycles. The number of carbonyl (C=O) groups is 2. The molecular formula is C18H21FN4O2. The first kappa shape index (κ1) is 17.1. The zero-order valence-electron chi connectivity index (χ0n) is 14.5. The van der Waals surface area contributed by atoms with E-state index in [4.69, 9.17) is 5.73 Å². The van der Waals surface area contributed by atoms with E-state index >= 15 is 0 Å². The van der Waals surface area contributed by atoms with Crippen molar-refractivity contribution in [3.05, 3.63) is 52.6 Å². The van der Waals surface area contributed by atoms with Crippen molar-refractivity contribution in [3.63, 3.8) is 0 Å². The minimum Gasteiger partial charge on any atom is -0.369 e. The highest BCUT2D eigenvalue weighted by molar-refractivity contribution is 5.95. The van der Waals surface area contributed by atoms with Crippen molar-refractivity contribution in [1.29, 1.82) is 0 Å². The number of aryl methyl sites for hydroxylation is 2. The summed E-state index contributed by atoms with van der Waals surface area (Å²) in [5, 5.41) is 4.21. The van der Waals surface area contributed by atoms with Crippen molar-refractivity contribution in [2.45, 2.75) is 19.8 Å². The summed E-state index contributed by atoms with van der Waals surface area (Å²) in [6, 6.07) is 4.73. The Hall–Kier alpha value is -2.70. The Morgan fingerprint density at radius 3 is 2.60 bits per heavy atom. The third kappa shape index (κ3) is 2.90. The summed E-state index contributed by atoms with van der Waals surface area (Å²) in [5.41, 5.74) is 7.81. The summed E-state index contributed by atoms with van der Waals surface area (Å²) in [4.78, 5) is 26.2. The maximum Gasteiger partial charge on any atom is 0.256 e. The molecule has 132 valence electrons. The number of likely N-dealkylation sites (tertiary alicyclic amines) is 1.